The molecular weight excluding hydrogens is 445 g/mol. The minimum absolute atomic E-state index is 0.109. The number of aromatic nitrogens is 2. The first-order valence-corrected chi connectivity index (χ1v) is 11.0. The maximum Gasteiger partial charge on any atom is 0.255 e. The number of hydrogen-bond acceptors (Lipinski definition) is 5. The lowest BCUT2D eigenvalue weighted by Gasteiger charge is -2.13. The van der Waals surface area contributed by atoms with Crippen LogP contribution >= 0.6 is 0 Å². The zero-order valence-corrected chi connectivity index (χ0v) is 18.8. The second kappa shape index (κ2) is 10.9. The molecule has 2 aromatic carbocycles. The van der Waals surface area contributed by atoms with Gasteiger partial charge in [-0.25, -0.2) is 9.37 Å². The van der Waals surface area contributed by atoms with E-state index in [2.05, 4.69) is 21.7 Å². The van der Waals surface area contributed by atoms with Crippen LogP contribution < -0.4 is 15.4 Å². The number of halogens is 1. The molecule has 7 nitrogen and oxygen atoms in total. The van der Waals surface area contributed by atoms with Crippen LogP contribution in [0, 0.1) is 17.1 Å². The van der Waals surface area contributed by atoms with Crippen LogP contribution in [0.1, 0.15) is 27.2 Å². The molecule has 0 aliphatic rings. The summed E-state index contributed by atoms with van der Waals surface area (Å²) in [6.07, 6.45) is 2.00. The number of pyridine rings is 2. The fourth-order valence-corrected chi connectivity index (χ4v) is 3.62. The Morgan fingerprint density at radius 3 is 2.69 bits per heavy atom. The molecule has 4 aromatic rings. The number of rotatable bonds is 8. The molecule has 0 spiro atoms. The normalized spacial score (nSPS) is 10.4. The first-order chi connectivity index (χ1) is 17.0. The van der Waals surface area contributed by atoms with Crippen molar-refractivity contribution >= 4 is 11.7 Å². The number of amides is 1. The highest BCUT2D eigenvalue weighted by atomic mass is 19.1. The molecular formula is C27H23FN5O2+. The van der Waals surface area contributed by atoms with Crippen molar-refractivity contribution in [3.8, 4) is 17.3 Å². The molecule has 0 unspecified atom stereocenters. The molecule has 0 fully saturated rings. The number of carbonyl (C=O) groups is 1. The van der Waals surface area contributed by atoms with Crippen LogP contribution in [0.5, 0.6) is 0 Å². The van der Waals surface area contributed by atoms with Crippen LogP contribution in [0.15, 0.2) is 85.1 Å². The van der Waals surface area contributed by atoms with Crippen molar-refractivity contribution < 1.29 is 19.1 Å². The van der Waals surface area contributed by atoms with Crippen molar-refractivity contribution in [2.45, 2.75) is 13.0 Å². The summed E-state index contributed by atoms with van der Waals surface area (Å²) in [5.41, 5.74) is 3.30. The molecule has 4 rings (SSSR count). The van der Waals surface area contributed by atoms with Crippen LogP contribution in [0.25, 0.3) is 11.3 Å². The third-order valence-electron chi connectivity index (χ3n) is 5.41. The lowest BCUT2D eigenvalue weighted by Crippen LogP contribution is -2.38. The van der Waals surface area contributed by atoms with Crippen molar-refractivity contribution in [3.05, 3.63) is 113 Å². The Bertz CT molecular complexity index is 1400. The topological polar surface area (TPSA) is 102 Å². The Morgan fingerprint density at radius 2 is 1.89 bits per heavy atom. The van der Waals surface area contributed by atoms with Gasteiger partial charge in [-0.2, -0.15) is 5.26 Å². The molecule has 174 valence electrons. The van der Waals surface area contributed by atoms with Crippen LogP contribution in [0.2, 0.25) is 0 Å². The van der Waals surface area contributed by atoms with Gasteiger partial charge in [-0.05, 0) is 48.4 Å². The number of nitrogens with zero attached hydrogens (tertiary/aromatic N) is 3. The van der Waals surface area contributed by atoms with E-state index in [1.165, 1.54) is 18.3 Å². The highest BCUT2D eigenvalue weighted by Crippen LogP contribution is 2.25. The van der Waals surface area contributed by atoms with E-state index >= 15 is 0 Å². The molecule has 0 radical (unpaired) electrons. The molecule has 0 bridgehead atoms. The third kappa shape index (κ3) is 5.78. The van der Waals surface area contributed by atoms with Gasteiger partial charge in [0.2, 0.25) is 6.20 Å². The molecule has 1 amide bonds. The van der Waals surface area contributed by atoms with E-state index in [-0.39, 0.29) is 18.3 Å². The van der Waals surface area contributed by atoms with E-state index in [4.69, 9.17) is 0 Å². The van der Waals surface area contributed by atoms with Crippen LogP contribution in [-0.4, -0.2) is 22.6 Å². The van der Waals surface area contributed by atoms with Gasteiger partial charge >= 0.3 is 0 Å². The first-order valence-electron chi connectivity index (χ1n) is 11.0. The smallest absolute Gasteiger partial charge is 0.255 e. The summed E-state index contributed by atoms with van der Waals surface area (Å²) < 4.78 is 14.5. The number of nitriles is 1. The van der Waals surface area contributed by atoms with E-state index in [1.807, 2.05) is 12.1 Å². The number of anilines is 1. The van der Waals surface area contributed by atoms with E-state index in [1.54, 1.807) is 54.6 Å². The predicted molar refractivity (Wildman–Crippen MR) is 128 cm³/mol. The van der Waals surface area contributed by atoms with Gasteiger partial charge in [-0.15, -0.1) is 0 Å². The van der Waals surface area contributed by atoms with Crippen LogP contribution in [0.3, 0.4) is 0 Å². The lowest BCUT2D eigenvalue weighted by molar-refractivity contribution is -0.909. The summed E-state index contributed by atoms with van der Waals surface area (Å²) in [6.45, 7) is 0.521. The van der Waals surface area contributed by atoms with E-state index in [0.29, 0.717) is 46.9 Å². The van der Waals surface area contributed by atoms with Crippen molar-refractivity contribution in [1.82, 2.24) is 10.3 Å². The summed E-state index contributed by atoms with van der Waals surface area (Å²) in [4.78, 5) is 17.7. The van der Waals surface area contributed by atoms with Gasteiger partial charge < -0.3 is 10.6 Å². The number of hydrogen-bond donors (Lipinski definition) is 3. The molecule has 0 aliphatic carbocycles. The van der Waals surface area contributed by atoms with Gasteiger partial charge in [-0.3, -0.25) is 10.0 Å². The second-order valence-corrected chi connectivity index (χ2v) is 7.78. The van der Waals surface area contributed by atoms with Gasteiger partial charge in [0.05, 0.1) is 22.9 Å². The molecule has 2 aromatic heterocycles. The molecule has 3 N–H and O–H groups in total. The van der Waals surface area contributed by atoms with Gasteiger partial charge in [0.25, 0.3) is 11.6 Å². The molecule has 35 heavy (non-hydrogen) atoms. The highest BCUT2D eigenvalue weighted by Gasteiger charge is 2.17. The predicted octanol–water partition coefficient (Wildman–Crippen LogP) is 3.87. The van der Waals surface area contributed by atoms with Gasteiger partial charge in [0, 0.05) is 29.0 Å². The standard InChI is InChI=1S/C27H22FN5O2/c28-21-8-5-6-19(16-21)13-14-30-26-24(27(34)31-18-22-9-3-4-15-33(22)35)11-12-25(32-26)23-10-2-1-7-20(23)17-29/h1-12,15-16H,13-14,18H2,(H2-,30,31,32,34,35)/p+1. The summed E-state index contributed by atoms with van der Waals surface area (Å²) >= 11 is 0. The Hall–Kier alpha value is -4.77. The van der Waals surface area contributed by atoms with Crippen LogP contribution in [0.4, 0.5) is 10.2 Å². The van der Waals surface area contributed by atoms with Gasteiger partial charge in [0.15, 0.2) is 0 Å². The van der Waals surface area contributed by atoms with Crippen molar-refractivity contribution in [3.63, 3.8) is 0 Å². The Morgan fingerprint density at radius 1 is 1.06 bits per heavy atom. The average molecular weight is 469 g/mol. The van der Waals surface area contributed by atoms with E-state index in [9.17, 15) is 19.7 Å². The minimum atomic E-state index is -0.380. The Labute approximate surface area is 202 Å². The molecule has 0 saturated carbocycles. The van der Waals surface area contributed by atoms with Gasteiger partial charge in [0.1, 0.15) is 18.2 Å². The van der Waals surface area contributed by atoms with Crippen LogP contribution in [-0.2, 0) is 13.0 Å². The number of benzene rings is 2. The third-order valence-corrected chi connectivity index (χ3v) is 5.41. The summed E-state index contributed by atoms with van der Waals surface area (Å²) in [6, 6.07) is 24.1. The van der Waals surface area contributed by atoms with E-state index in [0.717, 1.165) is 10.3 Å². The molecule has 0 aliphatic heterocycles. The maximum absolute atomic E-state index is 13.5. The first kappa shape index (κ1) is 23.4. The summed E-state index contributed by atoms with van der Waals surface area (Å²) in [7, 11) is 0. The number of carbonyl (C=O) groups excluding carboxylic acids is 1. The second-order valence-electron chi connectivity index (χ2n) is 7.78. The SMILES string of the molecule is N#Cc1ccccc1-c1ccc(C(=O)NCc2cccc[n+]2O)c(NCCc2cccc(F)c2)n1. The molecule has 0 atom stereocenters. The molecule has 2 heterocycles. The number of nitrogens with one attached hydrogen (secondary N) is 2. The fraction of sp³-hybridized carbons (Fsp3) is 0.111. The quantitative estimate of drug-likeness (QED) is 0.269. The lowest BCUT2D eigenvalue weighted by atomic mass is 10.0. The summed E-state index contributed by atoms with van der Waals surface area (Å²) in [5.74, 6) is -0.346. The monoisotopic (exact) mass is 468 g/mol. The maximum atomic E-state index is 13.5. The highest BCUT2D eigenvalue weighted by molar-refractivity contribution is 5.99. The zero-order chi connectivity index (χ0) is 24.6. The zero-order valence-electron chi connectivity index (χ0n) is 18.8. The molecule has 0 saturated heterocycles. The largest absolute Gasteiger partial charge is 0.369 e. The fourth-order valence-electron chi connectivity index (χ4n) is 3.62. The Kier molecular flexibility index (Phi) is 7.28. The summed E-state index contributed by atoms with van der Waals surface area (Å²) in [5, 5.41) is 25.3. The average Bonchev–Trinajstić information content (AvgIpc) is 2.88. The van der Waals surface area contributed by atoms with Crippen molar-refractivity contribution in [1.29, 1.82) is 5.26 Å². The van der Waals surface area contributed by atoms with E-state index < -0.39 is 0 Å². The van der Waals surface area contributed by atoms with Crippen molar-refractivity contribution in [2.75, 3.05) is 11.9 Å². The van der Waals surface area contributed by atoms with Gasteiger partial charge in [-0.1, -0.05) is 30.3 Å². The van der Waals surface area contributed by atoms with Crippen molar-refractivity contribution in [2.24, 2.45) is 0 Å². The molecule has 8 heteroatoms. The Balaban J connectivity index is 1.59. The minimum Gasteiger partial charge on any atom is -0.369 e.